The van der Waals surface area contributed by atoms with E-state index in [0.29, 0.717) is 18.6 Å². The van der Waals surface area contributed by atoms with Gasteiger partial charge in [0.2, 0.25) is 0 Å². The average molecular weight is 225 g/mol. The van der Waals surface area contributed by atoms with E-state index in [9.17, 15) is 0 Å². The van der Waals surface area contributed by atoms with Crippen molar-refractivity contribution >= 4 is 0 Å². The number of hydrogen-bond acceptors (Lipinski definition) is 3. The van der Waals surface area contributed by atoms with E-state index < -0.39 is 0 Å². The fourth-order valence-electron chi connectivity index (χ4n) is 1.35. The van der Waals surface area contributed by atoms with E-state index in [2.05, 4.69) is 33.0 Å². The zero-order valence-electron chi connectivity index (χ0n) is 10.7. The summed E-state index contributed by atoms with van der Waals surface area (Å²) in [6.45, 7) is 10.8. The molecule has 0 saturated carbocycles. The normalized spacial score (nSPS) is 11.6. The Morgan fingerprint density at radius 2 is 2.06 bits per heavy atom. The lowest BCUT2D eigenvalue weighted by atomic mass is 10.2. The second-order valence-electron chi connectivity index (χ2n) is 4.81. The van der Waals surface area contributed by atoms with Crippen LogP contribution < -0.4 is 5.32 Å². The molecule has 0 aliphatic heterocycles. The van der Waals surface area contributed by atoms with Crippen LogP contribution in [0.3, 0.4) is 0 Å². The molecular weight excluding hydrogens is 202 g/mol. The Hall–Kier alpha value is -0.800. The van der Waals surface area contributed by atoms with Gasteiger partial charge in [0.05, 0.1) is 19.4 Å². The molecule has 0 aliphatic carbocycles. The van der Waals surface area contributed by atoms with Gasteiger partial charge in [0.15, 0.2) is 0 Å². The van der Waals surface area contributed by atoms with Gasteiger partial charge in [-0.2, -0.15) is 0 Å². The highest BCUT2D eigenvalue weighted by Gasteiger charge is 2.07. The Balaban J connectivity index is 2.38. The highest BCUT2D eigenvalue weighted by atomic mass is 16.5. The third-order valence-electron chi connectivity index (χ3n) is 2.22. The van der Waals surface area contributed by atoms with Gasteiger partial charge in [-0.25, -0.2) is 0 Å². The Morgan fingerprint density at radius 1 is 1.31 bits per heavy atom. The maximum Gasteiger partial charge on any atom is 0.123 e. The lowest BCUT2D eigenvalue weighted by molar-refractivity contribution is 0.0959. The molecule has 0 amide bonds. The summed E-state index contributed by atoms with van der Waals surface area (Å²) in [7, 11) is 0. The van der Waals surface area contributed by atoms with E-state index in [0.717, 1.165) is 24.5 Å². The monoisotopic (exact) mass is 225 g/mol. The van der Waals surface area contributed by atoms with Crippen molar-refractivity contribution in [3.05, 3.63) is 23.7 Å². The molecule has 3 heteroatoms. The molecule has 0 fully saturated rings. The summed E-state index contributed by atoms with van der Waals surface area (Å²) >= 11 is 0. The van der Waals surface area contributed by atoms with Crippen molar-refractivity contribution in [2.75, 3.05) is 6.61 Å². The first kappa shape index (κ1) is 13.3. The van der Waals surface area contributed by atoms with Gasteiger partial charge in [0.1, 0.15) is 5.76 Å². The summed E-state index contributed by atoms with van der Waals surface area (Å²) in [6.07, 6.45) is 1.73. The largest absolute Gasteiger partial charge is 0.468 e. The molecule has 0 aromatic carbocycles. The second-order valence-corrected chi connectivity index (χ2v) is 4.81. The van der Waals surface area contributed by atoms with Crippen molar-refractivity contribution in [2.45, 2.75) is 46.9 Å². The fraction of sp³-hybridized carbons (Fsp3) is 0.692. The van der Waals surface area contributed by atoms with Gasteiger partial charge in [-0.3, -0.25) is 0 Å². The molecule has 0 aliphatic rings. The third kappa shape index (κ3) is 4.81. The van der Waals surface area contributed by atoms with Gasteiger partial charge in [-0.05, 0) is 12.0 Å². The van der Waals surface area contributed by atoms with Crippen molar-refractivity contribution in [2.24, 2.45) is 5.92 Å². The van der Waals surface area contributed by atoms with Crippen LogP contribution >= 0.6 is 0 Å². The van der Waals surface area contributed by atoms with Crippen LogP contribution in [0.1, 0.15) is 39.0 Å². The van der Waals surface area contributed by atoms with Crippen LogP contribution in [0.4, 0.5) is 0 Å². The summed E-state index contributed by atoms with van der Waals surface area (Å²) in [5.74, 6) is 1.56. The van der Waals surface area contributed by atoms with E-state index >= 15 is 0 Å². The van der Waals surface area contributed by atoms with Crippen molar-refractivity contribution in [3.63, 3.8) is 0 Å². The first-order chi connectivity index (χ1) is 7.59. The molecule has 0 saturated heterocycles. The standard InChI is InChI=1S/C13H23NO2/c1-10(2)8-15-9-12-5-6-16-13(12)7-14-11(3)4/h5-6,10-11,14H,7-9H2,1-4H3. The molecule has 1 rings (SSSR count). The van der Waals surface area contributed by atoms with Crippen LogP contribution in [0.2, 0.25) is 0 Å². The molecule has 16 heavy (non-hydrogen) atoms. The molecule has 0 radical (unpaired) electrons. The molecule has 0 atom stereocenters. The van der Waals surface area contributed by atoms with Gasteiger partial charge in [-0.1, -0.05) is 27.7 Å². The predicted molar refractivity (Wildman–Crippen MR) is 65.2 cm³/mol. The van der Waals surface area contributed by atoms with E-state index in [-0.39, 0.29) is 0 Å². The van der Waals surface area contributed by atoms with E-state index in [1.54, 1.807) is 6.26 Å². The highest BCUT2D eigenvalue weighted by Crippen LogP contribution is 2.12. The summed E-state index contributed by atoms with van der Waals surface area (Å²) in [5, 5.41) is 3.34. The fourth-order valence-corrected chi connectivity index (χ4v) is 1.35. The summed E-state index contributed by atoms with van der Waals surface area (Å²) < 4.78 is 11.0. The zero-order valence-corrected chi connectivity index (χ0v) is 10.7. The molecule has 3 nitrogen and oxygen atoms in total. The van der Waals surface area contributed by atoms with Gasteiger partial charge in [0.25, 0.3) is 0 Å². The number of nitrogens with one attached hydrogen (secondary N) is 1. The van der Waals surface area contributed by atoms with Crippen LogP contribution in [-0.4, -0.2) is 12.6 Å². The number of furan rings is 1. The minimum Gasteiger partial charge on any atom is -0.468 e. The van der Waals surface area contributed by atoms with Crippen molar-refractivity contribution < 1.29 is 9.15 Å². The van der Waals surface area contributed by atoms with Crippen molar-refractivity contribution in [3.8, 4) is 0 Å². The van der Waals surface area contributed by atoms with Crippen LogP contribution in [0.5, 0.6) is 0 Å². The van der Waals surface area contributed by atoms with Crippen LogP contribution in [0, 0.1) is 5.92 Å². The second kappa shape index (κ2) is 6.71. The van der Waals surface area contributed by atoms with Gasteiger partial charge >= 0.3 is 0 Å². The molecule has 1 heterocycles. The summed E-state index contributed by atoms with van der Waals surface area (Å²) in [6, 6.07) is 2.45. The quantitative estimate of drug-likeness (QED) is 0.774. The zero-order chi connectivity index (χ0) is 12.0. The van der Waals surface area contributed by atoms with Crippen LogP contribution in [0.15, 0.2) is 16.7 Å². The van der Waals surface area contributed by atoms with Gasteiger partial charge < -0.3 is 14.5 Å². The minimum absolute atomic E-state index is 0.467. The van der Waals surface area contributed by atoms with Crippen molar-refractivity contribution in [1.29, 1.82) is 0 Å². The van der Waals surface area contributed by atoms with E-state index in [1.165, 1.54) is 0 Å². The maximum absolute atomic E-state index is 5.60. The van der Waals surface area contributed by atoms with Crippen LogP contribution in [-0.2, 0) is 17.9 Å². The maximum atomic E-state index is 5.60. The van der Waals surface area contributed by atoms with Crippen LogP contribution in [0.25, 0.3) is 0 Å². The third-order valence-corrected chi connectivity index (χ3v) is 2.22. The SMILES string of the molecule is CC(C)COCc1ccoc1CNC(C)C. The number of hydrogen-bond donors (Lipinski definition) is 1. The Morgan fingerprint density at radius 3 is 2.69 bits per heavy atom. The van der Waals surface area contributed by atoms with Gasteiger partial charge in [-0.15, -0.1) is 0 Å². The highest BCUT2D eigenvalue weighted by molar-refractivity contribution is 5.15. The van der Waals surface area contributed by atoms with Gasteiger partial charge in [0, 0.05) is 18.2 Å². The molecule has 1 aromatic rings. The lowest BCUT2D eigenvalue weighted by Crippen LogP contribution is -2.22. The summed E-state index contributed by atoms with van der Waals surface area (Å²) in [5.41, 5.74) is 1.15. The Kier molecular flexibility index (Phi) is 5.56. The smallest absolute Gasteiger partial charge is 0.123 e. The Labute approximate surface area is 98.2 Å². The number of ether oxygens (including phenoxy) is 1. The topological polar surface area (TPSA) is 34.4 Å². The predicted octanol–water partition coefficient (Wildman–Crippen LogP) is 2.95. The lowest BCUT2D eigenvalue weighted by Gasteiger charge is -2.09. The summed E-state index contributed by atoms with van der Waals surface area (Å²) in [4.78, 5) is 0. The average Bonchev–Trinajstić information content (AvgIpc) is 2.62. The first-order valence-corrected chi connectivity index (χ1v) is 5.96. The van der Waals surface area contributed by atoms with Crippen molar-refractivity contribution in [1.82, 2.24) is 5.32 Å². The molecule has 0 unspecified atom stereocenters. The molecule has 0 spiro atoms. The molecule has 0 bridgehead atoms. The molecule has 1 aromatic heterocycles. The van der Waals surface area contributed by atoms with E-state index in [4.69, 9.17) is 9.15 Å². The molecule has 1 N–H and O–H groups in total. The number of rotatable bonds is 7. The first-order valence-electron chi connectivity index (χ1n) is 5.96. The minimum atomic E-state index is 0.467. The molecule has 92 valence electrons. The Bertz CT molecular complexity index is 292. The molecular formula is C13H23NO2. The van der Waals surface area contributed by atoms with E-state index in [1.807, 2.05) is 6.07 Å².